The minimum absolute atomic E-state index is 0.686. The van der Waals surface area contributed by atoms with Gasteiger partial charge in [-0.3, -0.25) is 0 Å². The van der Waals surface area contributed by atoms with Crippen LogP contribution >= 0.6 is 0 Å². The van der Waals surface area contributed by atoms with Crippen molar-refractivity contribution in [3.8, 4) is 11.4 Å². The van der Waals surface area contributed by atoms with Gasteiger partial charge in [-0.2, -0.15) is 0 Å². The Balaban J connectivity index is 1.66. The Bertz CT molecular complexity index is 1120. The van der Waals surface area contributed by atoms with Crippen molar-refractivity contribution in [2.75, 3.05) is 0 Å². The number of hydrogen-bond acceptors (Lipinski definition) is 3. The summed E-state index contributed by atoms with van der Waals surface area (Å²) < 4.78 is 0. The molecule has 0 N–H and O–H groups in total. The SMILES string of the molecule is C/C(=C\C=C/c1ccccc1)c1ncnc(-c2cccc3ccccc23)n1. The Morgan fingerprint density at radius 2 is 1.59 bits per heavy atom. The molecule has 0 aliphatic carbocycles. The van der Waals surface area contributed by atoms with Crippen LogP contribution in [0.4, 0.5) is 0 Å². The van der Waals surface area contributed by atoms with E-state index < -0.39 is 0 Å². The van der Waals surface area contributed by atoms with Gasteiger partial charge in [0.15, 0.2) is 11.6 Å². The molecule has 27 heavy (non-hydrogen) atoms. The molecule has 4 rings (SSSR count). The Labute approximate surface area is 158 Å². The quantitative estimate of drug-likeness (QED) is 0.437. The van der Waals surface area contributed by atoms with E-state index in [-0.39, 0.29) is 0 Å². The van der Waals surface area contributed by atoms with Crippen LogP contribution in [0.2, 0.25) is 0 Å². The van der Waals surface area contributed by atoms with E-state index in [0.29, 0.717) is 11.6 Å². The second kappa shape index (κ2) is 7.75. The molecule has 0 unspecified atom stereocenters. The number of aromatic nitrogens is 3. The summed E-state index contributed by atoms with van der Waals surface area (Å²) in [6, 6.07) is 24.7. The van der Waals surface area contributed by atoms with Crippen LogP contribution in [0.1, 0.15) is 18.3 Å². The molecule has 0 amide bonds. The van der Waals surface area contributed by atoms with Gasteiger partial charge in [0.05, 0.1) is 0 Å². The third kappa shape index (κ3) is 3.82. The maximum absolute atomic E-state index is 4.69. The van der Waals surface area contributed by atoms with E-state index in [2.05, 4.69) is 52.4 Å². The van der Waals surface area contributed by atoms with Gasteiger partial charge < -0.3 is 0 Å². The van der Waals surface area contributed by atoms with Gasteiger partial charge in [0, 0.05) is 5.56 Å². The van der Waals surface area contributed by atoms with Gasteiger partial charge in [-0.1, -0.05) is 91.0 Å². The zero-order valence-electron chi connectivity index (χ0n) is 15.1. The molecular weight excluding hydrogens is 330 g/mol. The first kappa shape index (κ1) is 16.9. The van der Waals surface area contributed by atoms with Gasteiger partial charge in [-0.05, 0) is 28.8 Å². The lowest BCUT2D eigenvalue weighted by molar-refractivity contribution is 1.02. The lowest BCUT2D eigenvalue weighted by Crippen LogP contribution is -1.97. The van der Waals surface area contributed by atoms with Crippen LogP contribution < -0.4 is 0 Å². The molecule has 0 saturated carbocycles. The van der Waals surface area contributed by atoms with Crippen LogP contribution in [-0.2, 0) is 0 Å². The molecule has 0 aliphatic heterocycles. The van der Waals surface area contributed by atoms with Crippen molar-refractivity contribution in [3.63, 3.8) is 0 Å². The maximum Gasteiger partial charge on any atom is 0.163 e. The third-order valence-electron chi connectivity index (χ3n) is 4.39. The first-order chi connectivity index (χ1) is 13.3. The van der Waals surface area contributed by atoms with E-state index in [1.165, 1.54) is 5.39 Å². The van der Waals surface area contributed by atoms with Gasteiger partial charge in [-0.25, -0.2) is 15.0 Å². The van der Waals surface area contributed by atoms with Crippen molar-refractivity contribution < 1.29 is 0 Å². The van der Waals surface area contributed by atoms with Crippen molar-refractivity contribution in [2.45, 2.75) is 6.92 Å². The van der Waals surface area contributed by atoms with Crippen LogP contribution in [0.15, 0.2) is 91.3 Å². The summed E-state index contributed by atoms with van der Waals surface area (Å²) in [6.07, 6.45) is 7.69. The van der Waals surface area contributed by atoms with E-state index in [4.69, 9.17) is 4.98 Å². The highest BCUT2D eigenvalue weighted by atomic mass is 15.0. The van der Waals surface area contributed by atoms with Crippen molar-refractivity contribution >= 4 is 22.4 Å². The summed E-state index contributed by atoms with van der Waals surface area (Å²) in [5.74, 6) is 1.38. The topological polar surface area (TPSA) is 38.7 Å². The molecule has 0 radical (unpaired) electrons. The second-order valence-corrected chi connectivity index (χ2v) is 6.28. The number of fused-ring (bicyclic) bond motifs is 1. The predicted molar refractivity (Wildman–Crippen MR) is 112 cm³/mol. The fourth-order valence-corrected chi connectivity index (χ4v) is 2.98. The number of hydrogen-bond donors (Lipinski definition) is 0. The Morgan fingerprint density at radius 3 is 2.48 bits per heavy atom. The molecule has 0 saturated heterocycles. The molecule has 3 nitrogen and oxygen atoms in total. The Hall–Kier alpha value is -3.59. The minimum Gasteiger partial charge on any atom is -0.217 e. The molecule has 0 aliphatic rings. The molecule has 0 atom stereocenters. The van der Waals surface area contributed by atoms with Gasteiger partial charge in [-0.15, -0.1) is 0 Å². The Kier molecular flexibility index (Phi) is 4.84. The van der Waals surface area contributed by atoms with Crippen LogP contribution in [-0.4, -0.2) is 15.0 Å². The van der Waals surface area contributed by atoms with Crippen LogP contribution in [0.3, 0.4) is 0 Å². The highest BCUT2D eigenvalue weighted by Crippen LogP contribution is 2.26. The molecule has 0 fully saturated rings. The highest BCUT2D eigenvalue weighted by Gasteiger charge is 2.08. The molecule has 1 heterocycles. The van der Waals surface area contributed by atoms with Crippen molar-refractivity contribution in [3.05, 3.63) is 103 Å². The predicted octanol–water partition coefficient (Wildman–Crippen LogP) is 5.81. The number of allylic oxidation sites excluding steroid dienone is 3. The second-order valence-electron chi connectivity index (χ2n) is 6.28. The summed E-state index contributed by atoms with van der Waals surface area (Å²) in [5, 5.41) is 2.32. The third-order valence-corrected chi connectivity index (χ3v) is 4.39. The van der Waals surface area contributed by atoms with Crippen LogP contribution in [0, 0.1) is 0 Å². The average Bonchev–Trinajstić information content (AvgIpc) is 2.74. The van der Waals surface area contributed by atoms with Gasteiger partial charge >= 0.3 is 0 Å². The minimum atomic E-state index is 0.686. The molecular formula is C24H19N3. The summed E-state index contributed by atoms with van der Waals surface area (Å²) in [4.78, 5) is 13.4. The fraction of sp³-hybridized carbons (Fsp3) is 0.0417. The van der Waals surface area contributed by atoms with Crippen LogP contribution in [0.5, 0.6) is 0 Å². The monoisotopic (exact) mass is 349 g/mol. The molecule has 130 valence electrons. The van der Waals surface area contributed by atoms with E-state index in [0.717, 1.165) is 22.1 Å². The van der Waals surface area contributed by atoms with Crippen molar-refractivity contribution in [1.82, 2.24) is 15.0 Å². The molecule has 3 aromatic carbocycles. The number of benzene rings is 3. The van der Waals surface area contributed by atoms with E-state index in [1.807, 2.05) is 55.5 Å². The Morgan fingerprint density at radius 1 is 0.815 bits per heavy atom. The fourth-order valence-electron chi connectivity index (χ4n) is 2.98. The zero-order valence-corrected chi connectivity index (χ0v) is 15.1. The van der Waals surface area contributed by atoms with Crippen molar-refractivity contribution in [1.29, 1.82) is 0 Å². The number of nitrogens with zero attached hydrogens (tertiary/aromatic N) is 3. The molecule has 1 aromatic heterocycles. The first-order valence-corrected chi connectivity index (χ1v) is 8.89. The van der Waals surface area contributed by atoms with Gasteiger partial charge in [0.2, 0.25) is 0 Å². The molecule has 0 spiro atoms. The summed E-state index contributed by atoms with van der Waals surface area (Å²) in [6.45, 7) is 2.01. The zero-order chi connectivity index (χ0) is 18.5. The molecule has 3 heteroatoms. The maximum atomic E-state index is 4.69. The lowest BCUT2D eigenvalue weighted by Gasteiger charge is -2.06. The lowest BCUT2D eigenvalue weighted by atomic mass is 10.0. The highest BCUT2D eigenvalue weighted by molar-refractivity contribution is 5.95. The summed E-state index contributed by atoms with van der Waals surface area (Å²) in [7, 11) is 0. The van der Waals surface area contributed by atoms with Gasteiger partial charge in [0.25, 0.3) is 0 Å². The largest absolute Gasteiger partial charge is 0.217 e. The van der Waals surface area contributed by atoms with Crippen molar-refractivity contribution in [2.24, 2.45) is 0 Å². The standard InChI is InChI=1S/C24H19N3/c1-18(9-7-12-19-10-3-2-4-11-19)23-25-17-26-24(27-23)22-16-8-14-20-13-5-6-15-21(20)22/h2-17H,1H3/b12-7-,18-9+. The average molecular weight is 349 g/mol. The number of rotatable bonds is 4. The van der Waals surface area contributed by atoms with Gasteiger partial charge in [0.1, 0.15) is 6.33 Å². The summed E-state index contributed by atoms with van der Waals surface area (Å²) in [5.41, 5.74) is 3.17. The molecule has 4 aromatic rings. The molecule has 0 bridgehead atoms. The van der Waals surface area contributed by atoms with Crippen LogP contribution in [0.25, 0.3) is 33.8 Å². The van der Waals surface area contributed by atoms with E-state index in [1.54, 1.807) is 6.33 Å². The first-order valence-electron chi connectivity index (χ1n) is 8.89. The summed E-state index contributed by atoms with van der Waals surface area (Å²) >= 11 is 0. The smallest absolute Gasteiger partial charge is 0.163 e. The normalized spacial score (nSPS) is 12.0. The van der Waals surface area contributed by atoms with E-state index in [9.17, 15) is 0 Å². The van der Waals surface area contributed by atoms with E-state index >= 15 is 0 Å².